The zero-order chi connectivity index (χ0) is 13.9. The minimum Gasteiger partial charge on any atom is -0.478 e. The highest BCUT2D eigenvalue weighted by Gasteiger charge is 2.31. The lowest BCUT2D eigenvalue weighted by Crippen LogP contribution is -2.08. The Labute approximate surface area is 107 Å². The van der Waals surface area contributed by atoms with Crippen molar-refractivity contribution in [2.24, 2.45) is 0 Å². The number of carboxylic acid groups (broad SMARTS) is 1. The summed E-state index contributed by atoms with van der Waals surface area (Å²) in [5.41, 5.74) is -0.911. The molecule has 1 N–H and O–H groups in total. The van der Waals surface area contributed by atoms with Crippen LogP contribution in [0, 0.1) is 0 Å². The zero-order valence-corrected chi connectivity index (χ0v) is 10.7. The van der Waals surface area contributed by atoms with E-state index in [0.717, 1.165) is 36.4 Å². The Hall–Kier alpha value is -1.17. The van der Waals surface area contributed by atoms with Gasteiger partial charge in [-0.15, -0.1) is 11.8 Å². The molecule has 1 unspecified atom stereocenters. The Morgan fingerprint density at radius 3 is 2.50 bits per heavy atom. The average molecular weight is 278 g/mol. The molecular formula is C12H13F3O2S. The highest BCUT2D eigenvalue weighted by molar-refractivity contribution is 8.00. The smallest absolute Gasteiger partial charge is 0.416 e. The first-order chi connectivity index (χ1) is 8.25. The Kier molecular flexibility index (Phi) is 4.67. The number of rotatable bonds is 4. The lowest BCUT2D eigenvalue weighted by molar-refractivity contribution is -0.137. The molecule has 100 valence electrons. The van der Waals surface area contributed by atoms with Crippen LogP contribution >= 0.6 is 11.8 Å². The molecule has 18 heavy (non-hydrogen) atoms. The Morgan fingerprint density at radius 2 is 2.06 bits per heavy atom. The standard InChI is InChI=1S/C12H13F3O2S/c1-3-7(2)18-10-6-8(12(13,14)15)4-5-9(10)11(16)17/h4-7H,3H2,1-2H3,(H,16,17). The third kappa shape index (κ3) is 3.66. The summed E-state index contributed by atoms with van der Waals surface area (Å²) in [7, 11) is 0. The van der Waals surface area contributed by atoms with E-state index >= 15 is 0 Å². The van der Waals surface area contributed by atoms with Gasteiger partial charge in [-0.3, -0.25) is 0 Å². The molecule has 0 aliphatic heterocycles. The third-order valence-electron chi connectivity index (χ3n) is 2.44. The number of benzene rings is 1. The topological polar surface area (TPSA) is 37.3 Å². The van der Waals surface area contributed by atoms with Crippen LogP contribution in [0.5, 0.6) is 0 Å². The molecule has 0 aliphatic carbocycles. The minimum absolute atomic E-state index is 0.0617. The van der Waals surface area contributed by atoms with Gasteiger partial charge in [0.1, 0.15) is 0 Å². The summed E-state index contributed by atoms with van der Waals surface area (Å²) in [6.45, 7) is 3.74. The van der Waals surface area contributed by atoms with Gasteiger partial charge in [-0.1, -0.05) is 13.8 Å². The molecule has 0 fully saturated rings. The molecule has 1 rings (SSSR count). The number of hydrogen-bond acceptors (Lipinski definition) is 2. The van der Waals surface area contributed by atoms with Gasteiger partial charge in [-0.05, 0) is 24.6 Å². The second-order valence-corrected chi connectivity index (χ2v) is 5.33. The SMILES string of the molecule is CCC(C)Sc1cc(C(F)(F)F)ccc1C(=O)O. The van der Waals surface area contributed by atoms with Gasteiger partial charge in [0.2, 0.25) is 0 Å². The normalized spacial score (nSPS) is 13.4. The quantitative estimate of drug-likeness (QED) is 0.835. The maximum atomic E-state index is 12.6. The molecule has 2 nitrogen and oxygen atoms in total. The Morgan fingerprint density at radius 1 is 1.44 bits per heavy atom. The molecule has 0 aliphatic rings. The van der Waals surface area contributed by atoms with Gasteiger partial charge in [-0.25, -0.2) is 4.79 Å². The van der Waals surface area contributed by atoms with Crippen molar-refractivity contribution in [3.05, 3.63) is 29.3 Å². The summed E-state index contributed by atoms with van der Waals surface area (Å²) in [5.74, 6) is -1.21. The van der Waals surface area contributed by atoms with Crippen molar-refractivity contribution in [1.29, 1.82) is 0 Å². The fourth-order valence-electron chi connectivity index (χ4n) is 1.27. The summed E-state index contributed by atoms with van der Waals surface area (Å²) < 4.78 is 37.7. The maximum Gasteiger partial charge on any atom is 0.416 e. The van der Waals surface area contributed by atoms with E-state index in [1.165, 1.54) is 0 Å². The number of hydrogen-bond donors (Lipinski definition) is 1. The maximum absolute atomic E-state index is 12.6. The molecule has 0 saturated heterocycles. The van der Waals surface area contributed by atoms with Crippen LogP contribution in [-0.4, -0.2) is 16.3 Å². The van der Waals surface area contributed by atoms with Crippen LogP contribution in [0.4, 0.5) is 13.2 Å². The molecule has 0 heterocycles. The van der Waals surface area contributed by atoms with Crippen molar-refractivity contribution >= 4 is 17.7 Å². The molecule has 1 aromatic rings. The van der Waals surface area contributed by atoms with Gasteiger partial charge in [-0.2, -0.15) is 13.2 Å². The summed E-state index contributed by atoms with van der Waals surface area (Å²) in [4.78, 5) is 11.1. The van der Waals surface area contributed by atoms with Crippen molar-refractivity contribution < 1.29 is 23.1 Å². The number of carboxylic acids is 1. The predicted octanol–water partition coefficient (Wildman–Crippen LogP) is 4.29. The summed E-state index contributed by atoms with van der Waals surface area (Å²) in [6.07, 6.45) is -3.71. The van der Waals surface area contributed by atoms with Crippen molar-refractivity contribution in [3.8, 4) is 0 Å². The second-order valence-electron chi connectivity index (χ2n) is 3.85. The first-order valence-electron chi connectivity index (χ1n) is 5.37. The summed E-state index contributed by atoms with van der Waals surface area (Å²) >= 11 is 1.15. The second kappa shape index (κ2) is 5.65. The van der Waals surface area contributed by atoms with Crippen molar-refractivity contribution in [3.63, 3.8) is 0 Å². The van der Waals surface area contributed by atoms with Crippen LogP contribution in [0.15, 0.2) is 23.1 Å². The Bertz CT molecular complexity index is 443. The van der Waals surface area contributed by atoms with E-state index in [-0.39, 0.29) is 15.7 Å². The third-order valence-corrected chi connectivity index (χ3v) is 3.77. The first kappa shape index (κ1) is 14.9. The Balaban J connectivity index is 3.20. The van der Waals surface area contributed by atoms with Crippen molar-refractivity contribution in [2.75, 3.05) is 0 Å². The molecule has 0 aromatic heterocycles. The van der Waals surface area contributed by atoms with Gasteiger partial charge in [0.05, 0.1) is 11.1 Å². The van der Waals surface area contributed by atoms with Crippen LogP contribution in [0.1, 0.15) is 36.2 Å². The highest BCUT2D eigenvalue weighted by atomic mass is 32.2. The fourth-order valence-corrected chi connectivity index (χ4v) is 2.35. The summed E-state index contributed by atoms with van der Waals surface area (Å²) in [6, 6.07) is 2.71. The van der Waals surface area contributed by atoms with E-state index in [0.29, 0.717) is 0 Å². The van der Waals surface area contributed by atoms with E-state index in [1.54, 1.807) is 0 Å². The number of carbonyl (C=O) groups is 1. The predicted molar refractivity (Wildman–Crippen MR) is 64.0 cm³/mol. The van der Waals surface area contributed by atoms with Crippen LogP contribution in [0.25, 0.3) is 0 Å². The van der Waals surface area contributed by atoms with Gasteiger partial charge in [0, 0.05) is 10.1 Å². The van der Waals surface area contributed by atoms with E-state index in [9.17, 15) is 18.0 Å². The molecule has 1 atom stereocenters. The molecule has 1 aromatic carbocycles. The molecule has 6 heteroatoms. The fraction of sp³-hybridized carbons (Fsp3) is 0.417. The lowest BCUT2D eigenvalue weighted by atomic mass is 10.1. The van der Waals surface area contributed by atoms with Crippen LogP contribution in [0.3, 0.4) is 0 Å². The molecular weight excluding hydrogens is 265 g/mol. The van der Waals surface area contributed by atoms with Gasteiger partial charge >= 0.3 is 12.1 Å². The summed E-state index contributed by atoms with van der Waals surface area (Å²) in [5, 5.41) is 9.01. The van der Waals surface area contributed by atoms with Crippen LogP contribution in [-0.2, 0) is 6.18 Å². The van der Waals surface area contributed by atoms with Crippen LogP contribution in [0.2, 0.25) is 0 Å². The van der Waals surface area contributed by atoms with Gasteiger partial charge in [0.15, 0.2) is 0 Å². The number of alkyl halides is 3. The minimum atomic E-state index is -4.46. The molecule has 0 spiro atoms. The molecule has 0 saturated carbocycles. The molecule has 0 amide bonds. The monoisotopic (exact) mass is 278 g/mol. The lowest BCUT2D eigenvalue weighted by Gasteiger charge is -2.13. The van der Waals surface area contributed by atoms with Crippen molar-refractivity contribution in [1.82, 2.24) is 0 Å². The number of aromatic carboxylic acids is 1. The number of thioether (sulfide) groups is 1. The van der Waals surface area contributed by atoms with E-state index < -0.39 is 17.7 Å². The van der Waals surface area contributed by atoms with E-state index in [1.807, 2.05) is 13.8 Å². The number of halogens is 3. The van der Waals surface area contributed by atoms with Gasteiger partial charge in [0.25, 0.3) is 0 Å². The van der Waals surface area contributed by atoms with E-state index in [4.69, 9.17) is 5.11 Å². The average Bonchev–Trinajstić information content (AvgIpc) is 2.27. The largest absolute Gasteiger partial charge is 0.478 e. The van der Waals surface area contributed by atoms with Crippen LogP contribution < -0.4 is 0 Å². The first-order valence-corrected chi connectivity index (χ1v) is 6.24. The zero-order valence-electron chi connectivity index (χ0n) is 9.91. The molecule has 0 bridgehead atoms. The highest BCUT2D eigenvalue weighted by Crippen LogP contribution is 2.35. The van der Waals surface area contributed by atoms with E-state index in [2.05, 4.69) is 0 Å². The molecule has 0 radical (unpaired) electrons. The van der Waals surface area contributed by atoms with Crippen molar-refractivity contribution in [2.45, 2.75) is 36.6 Å². The van der Waals surface area contributed by atoms with Gasteiger partial charge < -0.3 is 5.11 Å².